The van der Waals surface area contributed by atoms with Gasteiger partial charge in [0.1, 0.15) is 0 Å². The molecule has 2 aliphatic carbocycles. The first kappa shape index (κ1) is 34.5. The number of rotatable bonds is 14. The Balaban J connectivity index is 2.26. The molecule has 6 nitrogen and oxygen atoms in total. The minimum absolute atomic E-state index is 0.0509. The molecule has 3 N–H and O–H groups in total. The average molecular weight is 572 g/mol. The van der Waals surface area contributed by atoms with E-state index in [0.29, 0.717) is 47.8 Å². The van der Waals surface area contributed by atoms with Gasteiger partial charge in [0, 0.05) is 13.0 Å². The molecular formula is C32H61NO5S. The molecule has 8 atom stereocenters. The van der Waals surface area contributed by atoms with Gasteiger partial charge in [0.05, 0.1) is 11.9 Å². The molecule has 1 amide bonds. The Labute approximate surface area is 240 Å². The van der Waals surface area contributed by atoms with Crippen molar-refractivity contribution >= 4 is 16.0 Å². The van der Waals surface area contributed by atoms with Crippen molar-refractivity contribution < 1.29 is 22.9 Å². The molecule has 0 radical (unpaired) electrons. The Kier molecular flexibility index (Phi) is 11.6. The highest BCUT2D eigenvalue weighted by molar-refractivity contribution is 7.85. The van der Waals surface area contributed by atoms with E-state index in [1.54, 1.807) is 0 Å². The van der Waals surface area contributed by atoms with Crippen LogP contribution in [0.15, 0.2) is 0 Å². The summed E-state index contributed by atoms with van der Waals surface area (Å²) in [5.74, 6) is 3.37. The largest absolute Gasteiger partial charge is 0.393 e. The van der Waals surface area contributed by atoms with Crippen LogP contribution in [0.25, 0.3) is 0 Å². The molecule has 7 heteroatoms. The highest BCUT2D eigenvalue weighted by atomic mass is 32.2. The molecule has 0 bridgehead atoms. The fourth-order valence-corrected chi connectivity index (χ4v) is 9.00. The molecule has 3 unspecified atom stereocenters. The summed E-state index contributed by atoms with van der Waals surface area (Å²) in [5, 5.41) is 13.0. The fraction of sp³-hybridized carbons (Fsp3) is 0.969. The molecule has 0 heterocycles. The Morgan fingerprint density at radius 1 is 1.10 bits per heavy atom. The maximum Gasteiger partial charge on any atom is 0.266 e. The van der Waals surface area contributed by atoms with Crippen LogP contribution in [0, 0.1) is 57.7 Å². The smallest absolute Gasteiger partial charge is 0.266 e. The maximum atomic E-state index is 12.4. The van der Waals surface area contributed by atoms with E-state index in [0.717, 1.165) is 25.7 Å². The molecular weight excluding hydrogens is 510 g/mol. The summed E-state index contributed by atoms with van der Waals surface area (Å²) in [5.41, 5.74) is 0.571. The summed E-state index contributed by atoms with van der Waals surface area (Å²) >= 11 is 0. The van der Waals surface area contributed by atoms with E-state index in [9.17, 15) is 18.3 Å². The molecule has 2 fully saturated rings. The molecule has 0 aromatic heterocycles. The highest BCUT2D eigenvalue weighted by Crippen LogP contribution is 2.69. The molecule has 39 heavy (non-hydrogen) atoms. The van der Waals surface area contributed by atoms with Gasteiger partial charge in [0.25, 0.3) is 10.1 Å². The van der Waals surface area contributed by atoms with E-state index in [1.807, 2.05) is 0 Å². The molecule has 2 aliphatic rings. The van der Waals surface area contributed by atoms with Gasteiger partial charge in [0.2, 0.25) is 5.91 Å². The number of amides is 1. The van der Waals surface area contributed by atoms with Gasteiger partial charge in [-0.3, -0.25) is 9.35 Å². The number of hydrogen-bond acceptors (Lipinski definition) is 4. The lowest BCUT2D eigenvalue weighted by Crippen LogP contribution is -2.56. The van der Waals surface area contributed by atoms with E-state index in [4.69, 9.17) is 4.55 Å². The van der Waals surface area contributed by atoms with Gasteiger partial charge >= 0.3 is 0 Å². The molecule has 230 valence electrons. The molecule has 0 spiro atoms. The van der Waals surface area contributed by atoms with Crippen molar-refractivity contribution in [3.05, 3.63) is 0 Å². The van der Waals surface area contributed by atoms with Gasteiger partial charge in [-0.15, -0.1) is 0 Å². The van der Waals surface area contributed by atoms with Crippen LogP contribution < -0.4 is 5.32 Å². The Morgan fingerprint density at radius 2 is 1.72 bits per heavy atom. The standard InChI is InChI=1S/C32H61NO5S/c1-11-24(34)16-17-30(6,7)27-20-23(5)32(10)25(13-14-26(32)29(27)31(8,9)21(2)3)22(4)12-15-28(35)33-18-19-39(36,37)38/h21-27,29,34H,11-20H2,1-10H3,(H,33,35)(H,36,37,38)/t22-,23+,24+,25-,26?,27?,29?,32-/m1/s1. The van der Waals surface area contributed by atoms with Gasteiger partial charge in [-0.05, 0) is 103 Å². The van der Waals surface area contributed by atoms with Crippen LogP contribution in [0.5, 0.6) is 0 Å². The summed E-state index contributed by atoms with van der Waals surface area (Å²) < 4.78 is 30.8. The van der Waals surface area contributed by atoms with Crippen molar-refractivity contribution in [2.45, 2.75) is 127 Å². The second-order valence-electron chi connectivity index (χ2n) is 15.1. The van der Waals surface area contributed by atoms with Crippen LogP contribution in [-0.4, -0.2) is 42.4 Å². The minimum atomic E-state index is -4.07. The van der Waals surface area contributed by atoms with Crippen molar-refractivity contribution in [2.24, 2.45) is 57.7 Å². The summed E-state index contributed by atoms with van der Waals surface area (Å²) in [6.07, 6.45) is 7.35. The Hall–Kier alpha value is -0.660. The predicted molar refractivity (Wildman–Crippen MR) is 161 cm³/mol. The van der Waals surface area contributed by atoms with Crippen LogP contribution in [0.2, 0.25) is 0 Å². The molecule has 0 aromatic carbocycles. The first-order valence-electron chi connectivity index (χ1n) is 15.7. The lowest BCUT2D eigenvalue weighted by Gasteiger charge is -2.61. The lowest BCUT2D eigenvalue weighted by atomic mass is 9.43. The molecule has 2 saturated carbocycles. The topological polar surface area (TPSA) is 104 Å². The third kappa shape index (κ3) is 8.00. The number of nitrogens with one attached hydrogen (secondary N) is 1. The van der Waals surface area contributed by atoms with Crippen molar-refractivity contribution in [1.82, 2.24) is 5.32 Å². The van der Waals surface area contributed by atoms with Crippen molar-refractivity contribution in [3.63, 3.8) is 0 Å². The number of fused-ring (bicyclic) bond motifs is 1. The van der Waals surface area contributed by atoms with Crippen molar-refractivity contribution in [3.8, 4) is 0 Å². The third-order valence-corrected chi connectivity index (χ3v) is 12.8. The first-order chi connectivity index (χ1) is 17.8. The van der Waals surface area contributed by atoms with Gasteiger partial charge in [-0.25, -0.2) is 0 Å². The average Bonchev–Trinajstić information content (AvgIpc) is 3.18. The SMILES string of the molecule is CC[C@H](O)CCC(C)(C)C1C[C@H](C)[C@@]2(C)C(CC[C@@H]2[C@H](C)CCC(=O)NCCS(=O)(=O)O)C1C(C)(C)C(C)C. The van der Waals surface area contributed by atoms with E-state index >= 15 is 0 Å². The normalized spacial score (nSPS) is 31.7. The van der Waals surface area contributed by atoms with Gasteiger partial charge in [-0.2, -0.15) is 8.42 Å². The first-order valence-corrected chi connectivity index (χ1v) is 17.3. The summed E-state index contributed by atoms with van der Waals surface area (Å²) in [6.45, 7) is 24.0. The van der Waals surface area contributed by atoms with Crippen molar-refractivity contribution in [2.75, 3.05) is 12.3 Å². The zero-order valence-corrected chi connectivity index (χ0v) is 27.5. The molecule has 0 aliphatic heterocycles. The third-order valence-electron chi connectivity index (χ3n) is 12.1. The van der Waals surface area contributed by atoms with E-state index in [1.165, 1.54) is 19.3 Å². The lowest BCUT2D eigenvalue weighted by molar-refractivity contribution is -0.135. The van der Waals surface area contributed by atoms with Crippen molar-refractivity contribution in [1.29, 1.82) is 0 Å². The van der Waals surface area contributed by atoms with Crippen LogP contribution in [0.4, 0.5) is 0 Å². The number of aliphatic hydroxyl groups is 1. The predicted octanol–water partition coefficient (Wildman–Crippen LogP) is 6.97. The van der Waals surface area contributed by atoms with E-state index in [2.05, 4.69) is 74.6 Å². The number of aliphatic hydroxyl groups excluding tert-OH is 1. The molecule has 2 rings (SSSR count). The number of carbonyl (C=O) groups excluding carboxylic acids is 1. The summed E-state index contributed by atoms with van der Waals surface area (Å²) in [7, 11) is -4.07. The number of carbonyl (C=O) groups is 1. The Bertz CT molecular complexity index is 914. The second kappa shape index (κ2) is 13.1. The minimum Gasteiger partial charge on any atom is -0.393 e. The maximum absolute atomic E-state index is 12.4. The highest BCUT2D eigenvalue weighted by Gasteiger charge is 2.62. The van der Waals surface area contributed by atoms with Gasteiger partial charge < -0.3 is 10.4 Å². The van der Waals surface area contributed by atoms with Crippen LogP contribution in [0.3, 0.4) is 0 Å². The van der Waals surface area contributed by atoms with Crippen LogP contribution in [0.1, 0.15) is 121 Å². The van der Waals surface area contributed by atoms with Gasteiger partial charge in [0.15, 0.2) is 0 Å². The molecule has 0 aromatic rings. The number of hydrogen-bond donors (Lipinski definition) is 3. The zero-order chi connectivity index (χ0) is 30.0. The Morgan fingerprint density at radius 3 is 2.26 bits per heavy atom. The fourth-order valence-electron chi connectivity index (χ4n) is 8.64. The van der Waals surface area contributed by atoms with Crippen LogP contribution >= 0.6 is 0 Å². The summed E-state index contributed by atoms with van der Waals surface area (Å²) in [4.78, 5) is 12.4. The quantitative estimate of drug-likeness (QED) is 0.195. The van der Waals surface area contributed by atoms with Crippen LogP contribution in [-0.2, 0) is 14.9 Å². The van der Waals surface area contributed by atoms with E-state index < -0.39 is 15.9 Å². The molecule has 0 saturated heterocycles. The van der Waals surface area contributed by atoms with E-state index in [-0.39, 0.29) is 34.8 Å². The zero-order valence-electron chi connectivity index (χ0n) is 26.7. The monoisotopic (exact) mass is 571 g/mol. The summed E-state index contributed by atoms with van der Waals surface area (Å²) in [6, 6.07) is 0. The second-order valence-corrected chi connectivity index (χ2v) is 16.7. The van der Waals surface area contributed by atoms with Gasteiger partial charge in [-0.1, -0.05) is 69.2 Å².